The van der Waals surface area contributed by atoms with Gasteiger partial charge in [0.15, 0.2) is 5.82 Å². The van der Waals surface area contributed by atoms with E-state index in [1.54, 1.807) is 0 Å². The van der Waals surface area contributed by atoms with Gasteiger partial charge in [0.2, 0.25) is 0 Å². The highest BCUT2D eigenvalue weighted by Crippen LogP contribution is 2.34. The molecule has 2 unspecified atom stereocenters. The number of nitrogens with zero attached hydrogens (tertiary/aromatic N) is 4. The molecule has 3 heterocycles. The molecule has 114 valence electrons. The smallest absolute Gasteiger partial charge is 0.154 e. The third-order valence-corrected chi connectivity index (χ3v) is 5.00. The van der Waals surface area contributed by atoms with Crippen molar-refractivity contribution in [3.63, 3.8) is 0 Å². The van der Waals surface area contributed by atoms with Crippen LogP contribution in [0.2, 0.25) is 0 Å². The second kappa shape index (κ2) is 5.36. The van der Waals surface area contributed by atoms with Crippen LogP contribution in [-0.2, 0) is 0 Å². The number of aryl methyl sites for hydroxylation is 1. The number of aromatic nitrogens is 2. The van der Waals surface area contributed by atoms with Crippen LogP contribution in [0.4, 0.5) is 5.82 Å². The summed E-state index contributed by atoms with van der Waals surface area (Å²) in [5, 5.41) is 9.01. The van der Waals surface area contributed by atoms with Gasteiger partial charge in [-0.25, -0.2) is 0 Å². The van der Waals surface area contributed by atoms with Crippen molar-refractivity contribution in [2.24, 2.45) is 11.8 Å². The zero-order valence-electron chi connectivity index (χ0n) is 13.2. The largest absolute Gasteiger partial charge is 0.354 e. The van der Waals surface area contributed by atoms with Crippen LogP contribution in [0.5, 0.6) is 0 Å². The summed E-state index contributed by atoms with van der Waals surface area (Å²) in [5.74, 6) is 2.65. The molecule has 4 nitrogen and oxygen atoms in total. The first-order valence-corrected chi connectivity index (χ1v) is 8.04. The summed E-state index contributed by atoms with van der Waals surface area (Å²) < 4.78 is 0. The van der Waals surface area contributed by atoms with Crippen LogP contribution in [0.1, 0.15) is 5.56 Å². The maximum Gasteiger partial charge on any atom is 0.154 e. The fourth-order valence-corrected chi connectivity index (χ4v) is 3.94. The molecular weight excluding hydrogens is 272 g/mol. The van der Waals surface area contributed by atoms with Crippen molar-refractivity contribution in [3.8, 4) is 11.3 Å². The number of fused-ring (bicyclic) bond motifs is 1. The minimum absolute atomic E-state index is 0.792. The highest BCUT2D eigenvalue weighted by molar-refractivity contribution is 5.62. The molecule has 0 radical (unpaired) electrons. The molecule has 0 bridgehead atoms. The summed E-state index contributed by atoms with van der Waals surface area (Å²) in [6.07, 6.45) is 0. The molecule has 0 aliphatic carbocycles. The highest BCUT2D eigenvalue weighted by atomic mass is 15.3. The van der Waals surface area contributed by atoms with Crippen molar-refractivity contribution in [2.75, 3.05) is 38.1 Å². The van der Waals surface area contributed by atoms with Gasteiger partial charge in [-0.05, 0) is 37.4 Å². The highest BCUT2D eigenvalue weighted by Gasteiger charge is 2.39. The van der Waals surface area contributed by atoms with Crippen molar-refractivity contribution < 1.29 is 0 Å². The topological polar surface area (TPSA) is 32.3 Å². The monoisotopic (exact) mass is 294 g/mol. The third-order valence-electron chi connectivity index (χ3n) is 5.00. The summed E-state index contributed by atoms with van der Waals surface area (Å²) in [6.45, 7) is 6.83. The number of anilines is 1. The number of benzene rings is 1. The molecule has 2 aliphatic rings. The molecule has 0 saturated carbocycles. The van der Waals surface area contributed by atoms with Crippen LogP contribution in [0, 0.1) is 18.8 Å². The molecule has 0 N–H and O–H groups in total. The van der Waals surface area contributed by atoms with Gasteiger partial charge >= 0.3 is 0 Å². The van der Waals surface area contributed by atoms with Crippen LogP contribution >= 0.6 is 0 Å². The summed E-state index contributed by atoms with van der Waals surface area (Å²) in [7, 11) is 2.22. The lowest BCUT2D eigenvalue weighted by Gasteiger charge is -2.21. The molecule has 4 heteroatoms. The van der Waals surface area contributed by atoms with E-state index in [4.69, 9.17) is 0 Å². The maximum atomic E-state index is 4.55. The van der Waals surface area contributed by atoms with Crippen LogP contribution in [0.3, 0.4) is 0 Å². The van der Waals surface area contributed by atoms with Crippen LogP contribution in [-0.4, -0.2) is 48.3 Å². The minimum Gasteiger partial charge on any atom is -0.354 e. The molecule has 2 atom stereocenters. The first-order valence-electron chi connectivity index (χ1n) is 8.04. The lowest BCUT2D eigenvalue weighted by atomic mass is 10.0. The lowest BCUT2D eigenvalue weighted by molar-refractivity contribution is 0.386. The fraction of sp³-hybridized carbons (Fsp3) is 0.444. The predicted octanol–water partition coefficient (Wildman–Crippen LogP) is 2.45. The van der Waals surface area contributed by atoms with Crippen molar-refractivity contribution >= 4 is 5.82 Å². The quantitative estimate of drug-likeness (QED) is 0.851. The van der Waals surface area contributed by atoms with Gasteiger partial charge in [-0.3, -0.25) is 0 Å². The molecule has 1 aromatic carbocycles. The van der Waals surface area contributed by atoms with Gasteiger partial charge in [-0.15, -0.1) is 10.2 Å². The second-order valence-electron chi connectivity index (χ2n) is 6.75. The molecular formula is C18H22N4. The van der Waals surface area contributed by atoms with Gasteiger partial charge in [-0.2, -0.15) is 0 Å². The van der Waals surface area contributed by atoms with E-state index in [1.165, 1.54) is 18.7 Å². The van der Waals surface area contributed by atoms with Crippen molar-refractivity contribution in [3.05, 3.63) is 42.0 Å². The molecule has 2 saturated heterocycles. The molecule has 0 spiro atoms. The Balaban J connectivity index is 1.57. The average molecular weight is 294 g/mol. The molecule has 22 heavy (non-hydrogen) atoms. The Labute approximate surface area is 131 Å². The standard InChI is InChI=1S/C18H22N4/c1-13-8-17(14-6-4-3-5-7-14)19-20-18(13)22-11-15-9-21(2)10-16(15)12-22/h3-8,15-16H,9-12H2,1-2H3. The van der Waals surface area contributed by atoms with E-state index in [1.807, 2.05) is 18.2 Å². The normalized spacial score (nSPS) is 24.7. The van der Waals surface area contributed by atoms with Crippen molar-refractivity contribution in [2.45, 2.75) is 6.92 Å². The van der Waals surface area contributed by atoms with Crippen LogP contribution < -0.4 is 4.90 Å². The third kappa shape index (κ3) is 2.37. The summed E-state index contributed by atoms with van der Waals surface area (Å²) in [6, 6.07) is 12.4. The van der Waals surface area contributed by atoms with E-state index in [9.17, 15) is 0 Å². The van der Waals surface area contributed by atoms with E-state index in [2.05, 4.69) is 52.2 Å². The Bertz CT molecular complexity index is 656. The first kappa shape index (κ1) is 13.7. The molecule has 2 fully saturated rings. The Hall–Kier alpha value is -1.94. The van der Waals surface area contributed by atoms with Gasteiger partial charge in [-0.1, -0.05) is 30.3 Å². The van der Waals surface area contributed by atoms with Crippen molar-refractivity contribution in [1.29, 1.82) is 0 Å². The Morgan fingerprint density at radius 2 is 1.64 bits per heavy atom. The van der Waals surface area contributed by atoms with Gasteiger partial charge in [0, 0.05) is 31.7 Å². The Morgan fingerprint density at radius 3 is 2.27 bits per heavy atom. The molecule has 1 aromatic heterocycles. The minimum atomic E-state index is 0.792. The van der Waals surface area contributed by atoms with E-state index < -0.39 is 0 Å². The molecule has 0 amide bonds. The lowest BCUT2D eigenvalue weighted by Crippen LogP contribution is -2.28. The zero-order valence-corrected chi connectivity index (χ0v) is 13.2. The number of likely N-dealkylation sites (tertiary alicyclic amines) is 1. The fourth-order valence-electron chi connectivity index (χ4n) is 3.94. The number of hydrogen-bond donors (Lipinski definition) is 0. The maximum absolute atomic E-state index is 4.55. The molecule has 2 aromatic rings. The van der Waals surface area contributed by atoms with Gasteiger partial charge < -0.3 is 9.80 Å². The average Bonchev–Trinajstić information content (AvgIpc) is 3.05. The summed E-state index contributed by atoms with van der Waals surface area (Å²) in [5.41, 5.74) is 3.31. The predicted molar refractivity (Wildman–Crippen MR) is 88.9 cm³/mol. The second-order valence-corrected chi connectivity index (χ2v) is 6.75. The Morgan fingerprint density at radius 1 is 0.955 bits per heavy atom. The van der Waals surface area contributed by atoms with Gasteiger partial charge in [0.05, 0.1) is 5.69 Å². The van der Waals surface area contributed by atoms with E-state index in [0.29, 0.717) is 0 Å². The molecule has 2 aliphatic heterocycles. The van der Waals surface area contributed by atoms with Crippen LogP contribution in [0.25, 0.3) is 11.3 Å². The Kier molecular flexibility index (Phi) is 3.34. The van der Waals surface area contributed by atoms with Gasteiger partial charge in [0.25, 0.3) is 0 Å². The molecule has 4 rings (SSSR count). The zero-order chi connectivity index (χ0) is 15.1. The SMILES string of the molecule is Cc1cc(-c2ccccc2)nnc1N1CC2CN(C)CC2C1. The van der Waals surface area contributed by atoms with Crippen LogP contribution in [0.15, 0.2) is 36.4 Å². The summed E-state index contributed by atoms with van der Waals surface area (Å²) in [4.78, 5) is 4.88. The summed E-state index contributed by atoms with van der Waals surface area (Å²) >= 11 is 0. The number of rotatable bonds is 2. The number of hydrogen-bond acceptors (Lipinski definition) is 4. The van der Waals surface area contributed by atoms with Gasteiger partial charge in [0.1, 0.15) is 0 Å². The van der Waals surface area contributed by atoms with Crippen molar-refractivity contribution in [1.82, 2.24) is 15.1 Å². The first-order chi connectivity index (χ1) is 10.7. The van der Waals surface area contributed by atoms with E-state index >= 15 is 0 Å². The van der Waals surface area contributed by atoms with E-state index in [-0.39, 0.29) is 0 Å². The van der Waals surface area contributed by atoms with E-state index in [0.717, 1.165) is 42.0 Å².